The van der Waals surface area contributed by atoms with E-state index in [0.717, 1.165) is 102 Å². The summed E-state index contributed by atoms with van der Waals surface area (Å²) >= 11 is 0. The molecular weight excluding hydrogens is 566 g/mol. The van der Waals surface area contributed by atoms with Gasteiger partial charge in [-0.25, -0.2) is 0 Å². The van der Waals surface area contributed by atoms with Crippen LogP contribution in [0.2, 0.25) is 0 Å². The summed E-state index contributed by atoms with van der Waals surface area (Å²) in [5.41, 5.74) is 4.95. The van der Waals surface area contributed by atoms with Crippen molar-refractivity contribution in [3.8, 4) is 5.75 Å². The van der Waals surface area contributed by atoms with Crippen LogP contribution < -0.4 is 25.2 Å². The number of para-hydroxylation sites is 2. The number of nitrogens with zero attached hydrogens (tertiary/aromatic N) is 3. The van der Waals surface area contributed by atoms with Crippen molar-refractivity contribution >= 4 is 28.9 Å². The number of carbonyl (C=O) groups is 2. The van der Waals surface area contributed by atoms with Gasteiger partial charge in [0.1, 0.15) is 5.75 Å². The molecule has 3 aromatic rings. The molecule has 0 spiro atoms. The molecule has 3 aromatic carbocycles. The molecule has 0 aliphatic carbocycles. The molecule has 2 saturated heterocycles. The Hall–Kier alpha value is -4.08. The smallest absolute Gasteiger partial charge is 0.255 e. The van der Waals surface area contributed by atoms with Gasteiger partial charge < -0.3 is 29.9 Å². The molecular formula is C36H47N5O4. The van der Waals surface area contributed by atoms with E-state index < -0.39 is 0 Å². The van der Waals surface area contributed by atoms with Gasteiger partial charge in [0, 0.05) is 62.8 Å². The van der Waals surface area contributed by atoms with Crippen LogP contribution in [-0.2, 0) is 11.2 Å². The molecule has 9 nitrogen and oxygen atoms in total. The molecule has 0 aromatic heterocycles. The maximum absolute atomic E-state index is 13.6. The quantitative estimate of drug-likeness (QED) is 0.261. The Morgan fingerprint density at radius 1 is 0.822 bits per heavy atom. The third-order valence-electron chi connectivity index (χ3n) is 8.62. The lowest BCUT2D eigenvalue weighted by molar-refractivity contribution is 0.0374. The highest BCUT2D eigenvalue weighted by molar-refractivity contribution is 6.06. The maximum atomic E-state index is 13.6. The second-order valence-corrected chi connectivity index (χ2v) is 11.7. The predicted octanol–water partition coefficient (Wildman–Crippen LogP) is 5.07. The van der Waals surface area contributed by atoms with Gasteiger partial charge in [-0.05, 0) is 73.8 Å². The Bertz CT molecular complexity index is 1400. The van der Waals surface area contributed by atoms with Gasteiger partial charge in [-0.15, -0.1) is 0 Å². The SMILES string of the molecule is CCCCc1ccc(C(=O)Nc2ccc(N3CCN(c4ccccc4OC)CC3)c(C(=O)NCCCN3CCOCC3)c2)cc1. The van der Waals surface area contributed by atoms with Crippen LogP contribution in [0.15, 0.2) is 66.7 Å². The van der Waals surface area contributed by atoms with Crippen LogP contribution >= 0.6 is 0 Å². The van der Waals surface area contributed by atoms with Crippen molar-refractivity contribution in [3.63, 3.8) is 0 Å². The summed E-state index contributed by atoms with van der Waals surface area (Å²) < 4.78 is 11.0. The summed E-state index contributed by atoms with van der Waals surface area (Å²) in [6.07, 6.45) is 4.15. The van der Waals surface area contributed by atoms with Crippen LogP contribution in [0.25, 0.3) is 0 Å². The lowest BCUT2D eigenvalue weighted by Gasteiger charge is -2.38. The molecule has 240 valence electrons. The summed E-state index contributed by atoms with van der Waals surface area (Å²) in [5, 5.41) is 6.16. The number of aryl methyl sites for hydroxylation is 1. The number of anilines is 3. The first kappa shape index (κ1) is 32.3. The van der Waals surface area contributed by atoms with Gasteiger partial charge in [0.05, 0.1) is 31.6 Å². The number of methoxy groups -OCH3 is 1. The molecule has 0 unspecified atom stereocenters. The highest BCUT2D eigenvalue weighted by atomic mass is 16.5. The molecule has 2 heterocycles. The molecule has 0 atom stereocenters. The second kappa shape index (κ2) is 16.3. The standard InChI is InChI=1S/C36H47N5O4/c1-3-4-8-28-11-13-29(14-12-28)35(42)38-30-15-16-32(31(27-30)36(43)37-17-7-18-39-23-25-45-26-24-39)40-19-21-41(22-20-40)33-9-5-6-10-34(33)44-2/h5-6,9-16,27H,3-4,7-8,17-26H2,1-2H3,(H,37,43)(H,38,42). The summed E-state index contributed by atoms with van der Waals surface area (Å²) in [6.45, 7) is 10.2. The number of nitrogens with one attached hydrogen (secondary N) is 2. The molecule has 0 radical (unpaired) electrons. The summed E-state index contributed by atoms with van der Waals surface area (Å²) in [5.74, 6) is 0.543. The number of unbranched alkanes of at least 4 members (excludes halogenated alkanes) is 1. The first-order valence-corrected chi connectivity index (χ1v) is 16.3. The molecule has 2 amide bonds. The zero-order chi connectivity index (χ0) is 31.4. The highest BCUT2D eigenvalue weighted by Gasteiger charge is 2.24. The van der Waals surface area contributed by atoms with Gasteiger partial charge in [0.15, 0.2) is 0 Å². The number of carbonyl (C=O) groups excluding carboxylic acids is 2. The Balaban J connectivity index is 1.28. The third kappa shape index (κ3) is 8.77. The van der Waals surface area contributed by atoms with Crippen molar-refractivity contribution in [2.45, 2.75) is 32.6 Å². The van der Waals surface area contributed by atoms with Crippen molar-refractivity contribution in [2.24, 2.45) is 0 Å². The average molecular weight is 614 g/mol. The van der Waals surface area contributed by atoms with Crippen molar-refractivity contribution in [3.05, 3.63) is 83.4 Å². The highest BCUT2D eigenvalue weighted by Crippen LogP contribution is 2.31. The minimum Gasteiger partial charge on any atom is -0.495 e. The van der Waals surface area contributed by atoms with Gasteiger partial charge >= 0.3 is 0 Å². The number of benzene rings is 3. The number of amides is 2. The maximum Gasteiger partial charge on any atom is 0.255 e. The zero-order valence-corrected chi connectivity index (χ0v) is 26.7. The fraction of sp³-hybridized carbons (Fsp3) is 0.444. The Morgan fingerprint density at radius 2 is 1.53 bits per heavy atom. The van der Waals surface area contributed by atoms with Crippen molar-refractivity contribution in [2.75, 3.05) is 87.8 Å². The van der Waals surface area contributed by atoms with Crippen LogP contribution in [0, 0.1) is 0 Å². The Morgan fingerprint density at radius 3 is 2.24 bits per heavy atom. The number of piperazine rings is 1. The average Bonchev–Trinajstić information content (AvgIpc) is 3.10. The topological polar surface area (TPSA) is 86.4 Å². The molecule has 45 heavy (non-hydrogen) atoms. The van der Waals surface area contributed by atoms with E-state index in [1.807, 2.05) is 60.7 Å². The van der Waals surface area contributed by atoms with Crippen LogP contribution in [0.4, 0.5) is 17.1 Å². The van der Waals surface area contributed by atoms with Gasteiger partial charge in [0.25, 0.3) is 11.8 Å². The van der Waals surface area contributed by atoms with Crippen LogP contribution in [0.1, 0.15) is 52.5 Å². The molecule has 0 saturated carbocycles. The minimum absolute atomic E-state index is 0.129. The number of hydrogen-bond donors (Lipinski definition) is 2. The first-order valence-electron chi connectivity index (χ1n) is 16.3. The van der Waals surface area contributed by atoms with Gasteiger partial charge in [-0.3, -0.25) is 14.5 Å². The van der Waals surface area contributed by atoms with Gasteiger partial charge in [-0.2, -0.15) is 0 Å². The van der Waals surface area contributed by atoms with E-state index in [-0.39, 0.29) is 11.8 Å². The van der Waals surface area contributed by atoms with E-state index in [0.29, 0.717) is 23.4 Å². The lowest BCUT2D eigenvalue weighted by atomic mass is 10.1. The number of ether oxygens (including phenoxy) is 2. The Labute approximate surface area is 267 Å². The lowest BCUT2D eigenvalue weighted by Crippen LogP contribution is -2.47. The normalized spacial score (nSPS) is 15.5. The van der Waals surface area contributed by atoms with Crippen molar-refractivity contribution in [1.29, 1.82) is 0 Å². The monoisotopic (exact) mass is 613 g/mol. The first-order chi connectivity index (χ1) is 22.1. The minimum atomic E-state index is -0.188. The second-order valence-electron chi connectivity index (χ2n) is 11.7. The molecule has 2 fully saturated rings. The van der Waals surface area contributed by atoms with E-state index >= 15 is 0 Å². The molecule has 9 heteroatoms. The number of hydrogen-bond acceptors (Lipinski definition) is 7. The van der Waals surface area contributed by atoms with Crippen LogP contribution in [0.3, 0.4) is 0 Å². The molecule has 5 rings (SSSR count). The largest absolute Gasteiger partial charge is 0.495 e. The van der Waals surface area contributed by atoms with E-state index in [2.05, 4.69) is 38.3 Å². The van der Waals surface area contributed by atoms with Gasteiger partial charge in [0.2, 0.25) is 0 Å². The molecule has 2 N–H and O–H groups in total. The molecule has 0 bridgehead atoms. The van der Waals surface area contributed by atoms with E-state index in [9.17, 15) is 9.59 Å². The van der Waals surface area contributed by atoms with Gasteiger partial charge in [-0.1, -0.05) is 37.6 Å². The van der Waals surface area contributed by atoms with Crippen molar-refractivity contribution < 1.29 is 19.1 Å². The fourth-order valence-electron chi connectivity index (χ4n) is 5.98. The van der Waals surface area contributed by atoms with Crippen molar-refractivity contribution in [1.82, 2.24) is 10.2 Å². The fourth-order valence-corrected chi connectivity index (χ4v) is 5.98. The van der Waals surface area contributed by atoms with Crippen LogP contribution in [-0.4, -0.2) is 89.4 Å². The van der Waals surface area contributed by atoms with E-state index in [1.54, 1.807) is 7.11 Å². The van der Waals surface area contributed by atoms with E-state index in [4.69, 9.17) is 9.47 Å². The number of rotatable bonds is 13. The third-order valence-corrected chi connectivity index (χ3v) is 8.62. The Kier molecular flexibility index (Phi) is 11.7. The zero-order valence-electron chi connectivity index (χ0n) is 26.7. The predicted molar refractivity (Wildman–Crippen MR) is 181 cm³/mol. The molecule has 2 aliphatic heterocycles. The summed E-state index contributed by atoms with van der Waals surface area (Å²) in [4.78, 5) is 33.7. The van der Waals surface area contributed by atoms with E-state index in [1.165, 1.54) is 5.56 Å². The summed E-state index contributed by atoms with van der Waals surface area (Å²) in [6, 6.07) is 21.5. The number of morpholine rings is 1. The molecule has 2 aliphatic rings. The van der Waals surface area contributed by atoms with Crippen LogP contribution in [0.5, 0.6) is 5.75 Å². The summed E-state index contributed by atoms with van der Waals surface area (Å²) in [7, 11) is 1.70.